The van der Waals surface area contributed by atoms with E-state index in [0.717, 1.165) is 35.5 Å². The van der Waals surface area contributed by atoms with Crippen LogP contribution in [0.15, 0.2) is 18.2 Å². The van der Waals surface area contributed by atoms with E-state index in [1.54, 1.807) is 0 Å². The Hall–Kier alpha value is -0.570. The van der Waals surface area contributed by atoms with Crippen LogP contribution in [-0.2, 0) is 6.54 Å². The topological polar surface area (TPSA) is 29.3 Å². The summed E-state index contributed by atoms with van der Waals surface area (Å²) < 4.78 is 0. The molecule has 0 radical (unpaired) electrons. The maximum Gasteiger partial charge on any atom is 0.0438 e. The summed E-state index contributed by atoms with van der Waals surface area (Å²) in [5, 5.41) is 0.878. The minimum absolute atomic E-state index is 0.432. The van der Waals surface area contributed by atoms with Crippen LogP contribution in [0.3, 0.4) is 0 Å². The highest BCUT2D eigenvalue weighted by Gasteiger charge is 2.40. The number of hydrogen-bond acceptors (Lipinski definition) is 2. The predicted octanol–water partition coefficient (Wildman–Crippen LogP) is 2.82. The summed E-state index contributed by atoms with van der Waals surface area (Å²) in [7, 11) is 0. The molecular formula is C15H21ClN2. The van der Waals surface area contributed by atoms with Crippen molar-refractivity contribution in [2.45, 2.75) is 32.4 Å². The lowest BCUT2D eigenvalue weighted by Crippen LogP contribution is -2.30. The quantitative estimate of drug-likeness (QED) is 0.890. The lowest BCUT2D eigenvalue weighted by Gasteiger charge is -2.18. The summed E-state index contributed by atoms with van der Waals surface area (Å²) in [5.41, 5.74) is 8.64. The number of nitrogens with zero attached hydrogens (tertiary/aromatic N) is 1. The van der Waals surface area contributed by atoms with Crippen LogP contribution in [0.4, 0.5) is 0 Å². The number of nitrogens with two attached hydrogens (primary N) is 1. The van der Waals surface area contributed by atoms with E-state index in [1.807, 2.05) is 6.92 Å². The van der Waals surface area contributed by atoms with E-state index >= 15 is 0 Å². The fraction of sp³-hybridized carbons (Fsp3) is 0.600. The minimum Gasteiger partial charge on any atom is -0.327 e. The fourth-order valence-corrected chi connectivity index (χ4v) is 3.72. The van der Waals surface area contributed by atoms with Crippen molar-refractivity contribution in [2.75, 3.05) is 13.1 Å². The highest BCUT2D eigenvalue weighted by Crippen LogP contribution is 2.37. The molecule has 1 aromatic rings. The monoisotopic (exact) mass is 264 g/mol. The molecular weight excluding hydrogens is 244 g/mol. The second-order valence-corrected chi connectivity index (χ2v) is 6.35. The van der Waals surface area contributed by atoms with E-state index in [4.69, 9.17) is 17.3 Å². The Bertz CT molecular complexity index is 446. The summed E-state index contributed by atoms with van der Waals surface area (Å²) >= 11 is 6.18. The van der Waals surface area contributed by atoms with E-state index in [9.17, 15) is 0 Å². The van der Waals surface area contributed by atoms with Gasteiger partial charge < -0.3 is 5.73 Å². The first-order valence-corrected chi connectivity index (χ1v) is 7.24. The predicted molar refractivity (Wildman–Crippen MR) is 75.7 cm³/mol. The first-order chi connectivity index (χ1) is 8.63. The average Bonchev–Trinajstić information content (AvgIpc) is 2.87. The van der Waals surface area contributed by atoms with Gasteiger partial charge in [-0.3, -0.25) is 4.90 Å². The van der Waals surface area contributed by atoms with Crippen LogP contribution in [0.25, 0.3) is 0 Å². The molecule has 1 aromatic carbocycles. The molecule has 2 N–H and O–H groups in total. The maximum absolute atomic E-state index is 6.18. The zero-order valence-corrected chi connectivity index (χ0v) is 11.7. The minimum atomic E-state index is 0.432. The third-order valence-electron chi connectivity index (χ3n) is 4.63. The molecule has 0 amide bonds. The second-order valence-electron chi connectivity index (χ2n) is 5.94. The van der Waals surface area contributed by atoms with Gasteiger partial charge in [0.15, 0.2) is 0 Å². The molecule has 2 fully saturated rings. The Labute approximate surface area is 114 Å². The molecule has 2 nitrogen and oxygen atoms in total. The smallest absolute Gasteiger partial charge is 0.0438 e. The fourth-order valence-electron chi connectivity index (χ4n) is 3.52. The Morgan fingerprint density at radius 2 is 2.17 bits per heavy atom. The molecule has 2 aliphatic rings. The van der Waals surface area contributed by atoms with Gasteiger partial charge in [-0.25, -0.2) is 0 Å². The summed E-state index contributed by atoms with van der Waals surface area (Å²) in [5.74, 6) is 1.56. The van der Waals surface area contributed by atoms with Gasteiger partial charge >= 0.3 is 0 Å². The van der Waals surface area contributed by atoms with E-state index in [2.05, 4.69) is 23.1 Å². The van der Waals surface area contributed by atoms with Gasteiger partial charge in [-0.2, -0.15) is 0 Å². The van der Waals surface area contributed by atoms with Gasteiger partial charge in [-0.05, 0) is 48.8 Å². The van der Waals surface area contributed by atoms with Crippen molar-refractivity contribution in [1.82, 2.24) is 4.90 Å². The van der Waals surface area contributed by atoms with Crippen molar-refractivity contribution in [2.24, 2.45) is 17.6 Å². The Morgan fingerprint density at radius 3 is 2.89 bits per heavy atom. The Kier molecular flexibility index (Phi) is 3.35. The molecule has 3 heteroatoms. The lowest BCUT2D eigenvalue weighted by atomic mass is 9.98. The van der Waals surface area contributed by atoms with E-state index in [-0.39, 0.29) is 0 Å². The van der Waals surface area contributed by atoms with Crippen molar-refractivity contribution in [3.63, 3.8) is 0 Å². The average molecular weight is 265 g/mol. The molecule has 1 heterocycles. The zero-order valence-electron chi connectivity index (χ0n) is 10.9. The number of fused-ring (bicyclic) bond motifs is 1. The van der Waals surface area contributed by atoms with Crippen LogP contribution < -0.4 is 5.73 Å². The third-order valence-corrected chi connectivity index (χ3v) is 5.04. The summed E-state index contributed by atoms with van der Waals surface area (Å²) in [6.07, 6.45) is 2.54. The molecule has 3 rings (SSSR count). The highest BCUT2D eigenvalue weighted by molar-refractivity contribution is 6.31. The molecule has 3 atom stereocenters. The molecule has 1 aliphatic heterocycles. The standard InChI is InChI=1S/C15H21ClN2/c1-10-2-3-11(6-14(10)16)7-18-8-12-4-5-15(17)13(12)9-18/h2-3,6,12-13,15H,4-5,7-9,17H2,1H3. The van der Waals surface area contributed by atoms with Gasteiger partial charge in [0, 0.05) is 30.7 Å². The molecule has 1 saturated heterocycles. The van der Waals surface area contributed by atoms with E-state index in [0.29, 0.717) is 6.04 Å². The van der Waals surface area contributed by atoms with Crippen LogP contribution in [0.1, 0.15) is 24.0 Å². The van der Waals surface area contributed by atoms with Crippen LogP contribution in [-0.4, -0.2) is 24.0 Å². The number of benzene rings is 1. The SMILES string of the molecule is Cc1ccc(CN2CC3CCC(N)C3C2)cc1Cl. The van der Waals surface area contributed by atoms with Crippen LogP contribution in [0.5, 0.6) is 0 Å². The molecule has 0 aromatic heterocycles. The summed E-state index contributed by atoms with van der Waals surface area (Å²) in [6.45, 7) is 5.44. The summed E-state index contributed by atoms with van der Waals surface area (Å²) in [4.78, 5) is 2.54. The van der Waals surface area contributed by atoms with Crippen LogP contribution in [0.2, 0.25) is 5.02 Å². The number of rotatable bonds is 2. The van der Waals surface area contributed by atoms with Crippen molar-refractivity contribution in [3.05, 3.63) is 34.3 Å². The van der Waals surface area contributed by atoms with Crippen molar-refractivity contribution in [3.8, 4) is 0 Å². The second kappa shape index (κ2) is 4.84. The molecule has 0 spiro atoms. The molecule has 1 saturated carbocycles. The molecule has 18 heavy (non-hydrogen) atoms. The first kappa shape index (κ1) is 12.5. The third kappa shape index (κ3) is 2.29. The first-order valence-electron chi connectivity index (χ1n) is 6.86. The number of likely N-dealkylation sites (tertiary alicyclic amines) is 1. The lowest BCUT2D eigenvalue weighted by molar-refractivity contribution is 0.298. The summed E-state index contributed by atoms with van der Waals surface area (Å²) in [6, 6.07) is 6.84. The van der Waals surface area contributed by atoms with Crippen LogP contribution in [0, 0.1) is 18.8 Å². The number of hydrogen-bond donors (Lipinski definition) is 1. The van der Waals surface area contributed by atoms with Crippen molar-refractivity contribution in [1.29, 1.82) is 0 Å². The Balaban J connectivity index is 1.66. The number of halogens is 1. The van der Waals surface area contributed by atoms with Gasteiger partial charge in [0.1, 0.15) is 0 Å². The van der Waals surface area contributed by atoms with Gasteiger partial charge in [0.05, 0.1) is 0 Å². The molecule has 1 aliphatic carbocycles. The maximum atomic E-state index is 6.18. The van der Waals surface area contributed by atoms with Gasteiger partial charge in [0.2, 0.25) is 0 Å². The van der Waals surface area contributed by atoms with Crippen LogP contribution >= 0.6 is 11.6 Å². The molecule has 3 unspecified atom stereocenters. The highest BCUT2D eigenvalue weighted by atomic mass is 35.5. The van der Waals surface area contributed by atoms with Gasteiger partial charge in [0.25, 0.3) is 0 Å². The zero-order chi connectivity index (χ0) is 12.7. The van der Waals surface area contributed by atoms with Gasteiger partial charge in [-0.1, -0.05) is 23.7 Å². The van der Waals surface area contributed by atoms with Crippen molar-refractivity contribution < 1.29 is 0 Å². The van der Waals surface area contributed by atoms with Crippen molar-refractivity contribution >= 4 is 11.6 Å². The van der Waals surface area contributed by atoms with E-state index in [1.165, 1.54) is 24.9 Å². The Morgan fingerprint density at radius 1 is 1.33 bits per heavy atom. The van der Waals surface area contributed by atoms with Gasteiger partial charge in [-0.15, -0.1) is 0 Å². The normalized spacial score (nSPS) is 31.8. The largest absolute Gasteiger partial charge is 0.327 e. The van der Waals surface area contributed by atoms with E-state index < -0.39 is 0 Å². The molecule has 0 bridgehead atoms. The molecule has 98 valence electrons. The number of aryl methyl sites for hydroxylation is 1.